The molecule has 0 aromatic heterocycles. The van der Waals surface area contributed by atoms with Crippen molar-refractivity contribution in [2.24, 2.45) is 5.73 Å². The molecule has 3 N–H and O–H groups in total. The predicted octanol–water partition coefficient (Wildman–Crippen LogP) is 3.53. The third-order valence-electron chi connectivity index (χ3n) is 3.43. The summed E-state index contributed by atoms with van der Waals surface area (Å²) in [5.74, 6) is -0.664. The maximum Gasteiger partial charge on any atom is 0.416 e. The number of alkyl halides is 3. The van der Waals surface area contributed by atoms with Crippen LogP contribution in [0.25, 0.3) is 0 Å². The third-order valence-corrected chi connectivity index (χ3v) is 3.43. The van der Waals surface area contributed by atoms with Crippen LogP contribution in [0, 0.1) is 5.82 Å². The average Bonchev–Trinajstić information content (AvgIpc) is 2.33. The SMILES string of the molecule is NC1CCC(Nc2cc(C(F)(F)F)ccc2F)CC1. The normalized spacial score (nSPS) is 24.3. The van der Waals surface area contributed by atoms with Crippen LogP contribution in [0.4, 0.5) is 23.2 Å². The first-order valence-electron chi connectivity index (χ1n) is 6.25. The number of benzene rings is 1. The van der Waals surface area contributed by atoms with Gasteiger partial charge < -0.3 is 11.1 Å². The summed E-state index contributed by atoms with van der Waals surface area (Å²) >= 11 is 0. The summed E-state index contributed by atoms with van der Waals surface area (Å²) < 4.78 is 51.2. The Morgan fingerprint density at radius 1 is 1.11 bits per heavy atom. The molecule has 6 heteroatoms. The van der Waals surface area contributed by atoms with Crippen molar-refractivity contribution in [1.29, 1.82) is 0 Å². The van der Waals surface area contributed by atoms with Crippen LogP contribution in [-0.4, -0.2) is 12.1 Å². The van der Waals surface area contributed by atoms with E-state index < -0.39 is 17.6 Å². The number of halogens is 4. The molecule has 2 rings (SSSR count). The Bertz CT molecular complexity index is 437. The van der Waals surface area contributed by atoms with E-state index in [0.717, 1.165) is 43.9 Å². The number of nitrogens with two attached hydrogens (primary N) is 1. The molecule has 0 spiro atoms. The zero-order chi connectivity index (χ0) is 14.0. The Balaban J connectivity index is 2.11. The van der Waals surface area contributed by atoms with E-state index in [1.54, 1.807) is 0 Å². The zero-order valence-corrected chi connectivity index (χ0v) is 10.3. The van der Waals surface area contributed by atoms with E-state index in [-0.39, 0.29) is 17.8 Å². The summed E-state index contributed by atoms with van der Waals surface area (Å²) in [7, 11) is 0. The fourth-order valence-electron chi connectivity index (χ4n) is 2.30. The molecule has 0 heterocycles. The first kappa shape index (κ1) is 14.1. The summed E-state index contributed by atoms with van der Waals surface area (Å²) in [5.41, 5.74) is 4.82. The molecule has 0 atom stereocenters. The van der Waals surface area contributed by atoms with Crippen LogP contribution in [0.2, 0.25) is 0 Å². The molecule has 1 aliphatic rings. The highest BCUT2D eigenvalue weighted by molar-refractivity contribution is 5.48. The van der Waals surface area contributed by atoms with E-state index in [9.17, 15) is 17.6 Å². The highest BCUT2D eigenvalue weighted by atomic mass is 19.4. The van der Waals surface area contributed by atoms with E-state index in [0.29, 0.717) is 0 Å². The van der Waals surface area contributed by atoms with Gasteiger partial charge in [-0.05, 0) is 43.9 Å². The molecule has 0 radical (unpaired) electrons. The van der Waals surface area contributed by atoms with Crippen molar-refractivity contribution in [2.75, 3.05) is 5.32 Å². The molecule has 1 fully saturated rings. The highest BCUT2D eigenvalue weighted by Gasteiger charge is 2.31. The van der Waals surface area contributed by atoms with Crippen LogP contribution in [0.5, 0.6) is 0 Å². The van der Waals surface area contributed by atoms with Crippen molar-refractivity contribution in [2.45, 2.75) is 43.9 Å². The van der Waals surface area contributed by atoms with E-state index in [1.165, 1.54) is 0 Å². The minimum Gasteiger partial charge on any atom is -0.380 e. The van der Waals surface area contributed by atoms with Crippen molar-refractivity contribution >= 4 is 5.69 Å². The van der Waals surface area contributed by atoms with Gasteiger partial charge in [0.1, 0.15) is 5.82 Å². The molecule has 1 aromatic carbocycles. The molecule has 0 saturated heterocycles. The second-order valence-electron chi connectivity index (χ2n) is 4.95. The monoisotopic (exact) mass is 276 g/mol. The molecule has 2 nitrogen and oxygen atoms in total. The molecular formula is C13H16F4N2. The van der Waals surface area contributed by atoms with Gasteiger partial charge in [0.15, 0.2) is 0 Å². The first-order valence-corrected chi connectivity index (χ1v) is 6.25. The fourth-order valence-corrected chi connectivity index (χ4v) is 2.30. The van der Waals surface area contributed by atoms with Gasteiger partial charge in [0.2, 0.25) is 0 Å². The molecular weight excluding hydrogens is 260 g/mol. The van der Waals surface area contributed by atoms with Crippen LogP contribution in [-0.2, 0) is 6.18 Å². The summed E-state index contributed by atoms with van der Waals surface area (Å²) in [6, 6.07) is 2.54. The van der Waals surface area contributed by atoms with Gasteiger partial charge in [0.25, 0.3) is 0 Å². The minimum absolute atomic E-state index is 0.0159. The topological polar surface area (TPSA) is 38.0 Å². The van der Waals surface area contributed by atoms with Gasteiger partial charge in [-0.1, -0.05) is 0 Å². The molecule has 106 valence electrons. The summed E-state index contributed by atoms with van der Waals surface area (Å²) in [5, 5.41) is 2.85. The lowest BCUT2D eigenvalue weighted by Crippen LogP contribution is -2.33. The van der Waals surface area contributed by atoms with Gasteiger partial charge in [-0.3, -0.25) is 0 Å². The number of hydrogen-bond acceptors (Lipinski definition) is 2. The molecule has 0 unspecified atom stereocenters. The van der Waals surface area contributed by atoms with Crippen molar-refractivity contribution < 1.29 is 17.6 Å². The molecule has 1 aliphatic carbocycles. The van der Waals surface area contributed by atoms with Crippen molar-refractivity contribution in [3.63, 3.8) is 0 Å². The number of anilines is 1. The maximum atomic E-state index is 13.5. The van der Waals surface area contributed by atoms with E-state index in [4.69, 9.17) is 5.73 Å². The molecule has 1 saturated carbocycles. The van der Waals surface area contributed by atoms with Gasteiger partial charge in [-0.25, -0.2) is 4.39 Å². The lowest BCUT2D eigenvalue weighted by molar-refractivity contribution is -0.137. The number of hydrogen-bond donors (Lipinski definition) is 2. The van der Waals surface area contributed by atoms with Crippen LogP contribution >= 0.6 is 0 Å². The first-order chi connectivity index (χ1) is 8.86. The quantitative estimate of drug-likeness (QED) is 0.811. The number of rotatable bonds is 2. The Labute approximate surface area is 109 Å². The Hall–Kier alpha value is -1.30. The second kappa shape index (κ2) is 5.36. The molecule has 0 amide bonds. The Morgan fingerprint density at radius 2 is 1.74 bits per heavy atom. The Kier molecular flexibility index (Phi) is 3.99. The lowest BCUT2D eigenvalue weighted by atomic mass is 9.91. The molecule has 0 bridgehead atoms. The minimum atomic E-state index is -4.46. The van der Waals surface area contributed by atoms with Crippen LogP contribution in [0.15, 0.2) is 18.2 Å². The molecule has 0 aliphatic heterocycles. The number of nitrogens with one attached hydrogen (secondary N) is 1. The summed E-state index contributed by atoms with van der Waals surface area (Å²) in [6.07, 6.45) is -1.36. The van der Waals surface area contributed by atoms with Gasteiger partial charge in [-0.15, -0.1) is 0 Å². The lowest BCUT2D eigenvalue weighted by Gasteiger charge is -2.28. The van der Waals surface area contributed by atoms with Crippen molar-refractivity contribution in [3.8, 4) is 0 Å². The smallest absolute Gasteiger partial charge is 0.380 e. The van der Waals surface area contributed by atoms with Crippen molar-refractivity contribution in [3.05, 3.63) is 29.6 Å². The average molecular weight is 276 g/mol. The highest BCUT2D eigenvalue weighted by Crippen LogP contribution is 2.32. The van der Waals surface area contributed by atoms with Crippen LogP contribution in [0.1, 0.15) is 31.2 Å². The van der Waals surface area contributed by atoms with Gasteiger partial charge in [0.05, 0.1) is 11.3 Å². The fraction of sp³-hybridized carbons (Fsp3) is 0.538. The van der Waals surface area contributed by atoms with Gasteiger partial charge in [0, 0.05) is 12.1 Å². The predicted molar refractivity (Wildman–Crippen MR) is 65.3 cm³/mol. The summed E-state index contributed by atoms with van der Waals surface area (Å²) in [6.45, 7) is 0. The largest absolute Gasteiger partial charge is 0.416 e. The third kappa shape index (κ3) is 3.59. The Morgan fingerprint density at radius 3 is 2.32 bits per heavy atom. The standard InChI is InChI=1S/C13H16F4N2/c14-11-6-1-8(13(15,16)17)7-12(11)19-10-4-2-9(18)3-5-10/h1,6-7,9-10,19H,2-5,18H2. The zero-order valence-electron chi connectivity index (χ0n) is 10.3. The van der Waals surface area contributed by atoms with E-state index in [1.807, 2.05) is 0 Å². The maximum absolute atomic E-state index is 13.5. The van der Waals surface area contributed by atoms with E-state index >= 15 is 0 Å². The van der Waals surface area contributed by atoms with Gasteiger partial charge >= 0.3 is 6.18 Å². The van der Waals surface area contributed by atoms with Gasteiger partial charge in [-0.2, -0.15) is 13.2 Å². The van der Waals surface area contributed by atoms with E-state index in [2.05, 4.69) is 5.32 Å². The van der Waals surface area contributed by atoms with Crippen LogP contribution < -0.4 is 11.1 Å². The molecule has 1 aromatic rings. The van der Waals surface area contributed by atoms with Crippen molar-refractivity contribution in [1.82, 2.24) is 0 Å². The summed E-state index contributed by atoms with van der Waals surface area (Å²) in [4.78, 5) is 0. The second-order valence-corrected chi connectivity index (χ2v) is 4.95. The van der Waals surface area contributed by atoms with Crippen LogP contribution in [0.3, 0.4) is 0 Å². The molecule has 19 heavy (non-hydrogen) atoms.